The Hall–Kier alpha value is -2.86. The highest BCUT2D eigenvalue weighted by atomic mass is 35.5. The lowest BCUT2D eigenvalue weighted by molar-refractivity contribution is 0.201. The zero-order valence-electron chi connectivity index (χ0n) is 16.0. The van der Waals surface area contributed by atoms with Crippen molar-refractivity contribution in [3.8, 4) is 0 Å². The lowest BCUT2D eigenvalue weighted by Crippen LogP contribution is -2.35. The van der Waals surface area contributed by atoms with E-state index in [0.717, 1.165) is 42.3 Å². The minimum Gasteiger partial charge on any atom is -0.325 e. The Morgan fingerprint density at radius 1 is 1.21 bits per heavy atom. The molecule has 1 aliphatic rings. The van der Waals surface area contributed by atoms with Crippen molar-refractivity contribution in [3.63, 3.8) is 0 Å². The minimum absolute atomic E-state index is 0.0474. The van der Waals surface area contributed by atoms with E-state index in [9.17, 15) is 14.0 Å². The molecule has 2 aromatic carbocycles. The fourth-order valence-electron chi connectivity index (χ4n) is 4.03. The van der Waals surface area contributed by atoms with Crippen molar-refractivity contribution in [1.82, 2.24) is 9.88 Å². The summed E-state index contributed by atoms with van der Waals surface area (Å²) in [4.78, 5) is 30.1. The highest BCUT2D eigenvalue weighted by Crippen LogP contribution is 2.36. The number of aryl methyl sites for hydroxylation is 1. The van der Waals surface area contributed by atoms with Gasteiger partial charge in [-0.3, -0.25) is 4.79 Å². The Labute approximate surface area is 172 Å². The van der Waals surface area contributed by atoms with Crippen LogP contribution in [0, 0.1) is 5.82 Å². The Morgan fingerprint density at radius 2 is 1.97 bits per heavy atom. The molecule has 150 valence electrons. The highest BCUT2D eigenvalue weighted by Gasteiger charge is 2.28. The standard InChI is InChI=1S/C22H21ClFN3O2/c1-27(22(29)25-13-10-11-17(24)16(23)12-13)19-9-5-4-8-18-20(19)14-6-2-3-7-15(14)21(28)26-18/h2-3,6-7,10-12,19H,4-5,8-9H2,1H3,(H,25,29)(H,26,28)/t19-/m1/s1. The Kier molecular flexibility index (Phi) is 5.28. The molecule has 7 heteroatoms. The minimum atomic E-state index is -0.536. The van der Waals surface area contributed by atoms with Crippen LogP contribution in [0.3, 0.4) is 0 Å². The summed E-state index contributed by atoms with van der Waals surface area (Å²) in [5.41, 5.74) is 2.20. The molecule has 0 saturated carbocycles. The first-order chi connectivity index (χ1) is 14.0. The number of urea groups is 1. The predicted octanol–water partition coefficient (Wildman–Crippen LogP) is 5.25. The van der Waals surface area contributed by atoms with Crippen LogP contribution in [-0.2, 0) is 6.42 Å². The van der Waals surface area contributed by atoms with Crippen molar-refractivity contribution in [1.29, 1.82) is 0 Å². The van der Waals surface area contributed by atoms with Gasteiger partial charge in [-0.05, 0) is 48.9 Å². The van der Waals surface area contributed by atoms with Gasteiger partial charge in [0.25, 0.3) is 5.56 Å². The average Bonchev–Trinajstić information content (AvgIpc) is 2.93. The number of carbonyl (C=O) groups excluding carboxylic acids is 1. The van der Waals surface area contributed by atoms with E-state index in [1.807, 2.05) is 18.2 Å². The number of benzene rings is 2. The summed E-state index contributed by atoms with van der Waals surface area (Å²) in [5.74, 6) is -0.536. The predicted molar refractivity (Wildman–Crippen MR) is 113 cm³/mol. The van der Waals surface area contributed by atoms with Crippen molar-refractivity contribution < 1.29 is 9.18 Å². The lowest BCUT2D eigenvalue weighted by Gasteiger charge is -2.30. The van der Waals surface area contributed by atoms with Crippen molar-refractivity contribution in [2.45, 2.75) is 31.7 Å². The van der Waals surface area contributed by atoms with Gasteiger partial charge in [0, 0.05) is 29.4 Å². The second kappa shape index (κ2) is 7.87. The van der Waals surface area contributed by atoms with Crippen molar-refractivity contribution in [2.75, 3.05) is 12.4 Å². The number of hydrogen-bond donors (Lipinski definition) is 2. The largest absolute Gasteiger partial charge is 0.325 e. The number of nitrogens with one attached hydrogen (secondary N) is 2. The molecule has 0 fully saturated rings. The van der Waals surface area contributed by atoms with E-state index in [0.29, 0.717) is 11.1 Å². The zero-order chi connectivity index (χ0) is 20.5. The average molecular weight is 414 g/mol. The van der Waals surface area contributed by atoms with Crippen LogP contribution in [0.5, 0.6) is 0 Å². The SMILES string of the molecule is CN(C(=O)Nc1ccc(F)c(Cl)c1)[C@@H]1CCCCc2[nH]c(=O)c3ccccc3c21. The summed E-state index contributed by atoms with van der Waals surface area (Å²) < 4.78 is 13.4. The van der Waals surface area contributed by atoms with E-state index in [4.69, 9.17) is 11.6 Å². The number of hydrogen-bond acceptors (Lipinski definition) is 2. The lowest BCUT2D eigenvalue weighted by atomic mass is 9.95. The van der Waals surface area contributed by atoms with Crippen LogP contribution in [0.25, 0.3) is 10.8 Å². The Morgan fingerprint density at radius 3 is 2.72 bits per heavy atom. The van der Waals surface area contributed by atoms with E-state index in [-0.39, 0.29) is 22.7 Å². The second-order valence-electron chi connectivity index (χ2n) is 7.32. The number of fused-ring (bicyclic) bond motifs is 3. The Bertz CT molecular complexity index is 1140. The van der Waals surface area contributed by atoms with Crippen LogP contribution in [0.1, 0.15) is 36.6 Å². The van der Waals surface area contributed by atoms with Gasteiger partial charge in [-0.15, -0.1) is 0 Å². The molecule has 0 spiro atoms. The molecule has 0 bridgehead atoms. The molecule has 0 aliphatic heterocycles. The van der Waals surface area contributed by atoms with Gasteiger partial charge in [-0.25, -0.2) is 9.18 Å². The number of pyridine rings is 1. The number of rotatable bonds is 2. The molecule has 1 heterocycles. The van der Waals surface area contributed by atoms with E-state index in [2.05, 4.69) is 10.3 Å². The maximum absolute atomic E-state index is 13.4. The Balaban J connectivity index is 1.71. The van der Waals surface area contributed by atoms with Crippen LogP contribution in [0.15, 0.2) is 47.3 Å². The van der Waals surface area contributed by atoms with Gasteiger partial charge in [-0.1, -0.05) is 36.2 Å². The molecule has 5 nitrogen and oxygen atoms in total. The molecule has 1 aliphatic carbocycles. The first-order valence-electron chi connectivity index (χ1n) is 9.58. The molecule has 29 heavy (non-hydrogen) atoms. The van der Waals surface area contributed by atoms with Crippen LogP contribution in [0.2, 0.25) is 5.02 Å². The van der Waals surface area contributed by atoms with Gasteiger partial charge in [0.05, 0.1) is 11.1 Å². The van der Waals surface area contributed by atoms with E-state index < -0.39 is 5.82 Å². The highest BCUT2D eigenvalue weighted by molar-refractivity contribution is 6.31. The number of aromatic amines is 1. The first kappa shape index (κ1) is 19.5. The molecule has 4 rings (SSSR count). The summed E-state index contributed by atoms with van der Waals surface area (Å²) in [6.07, 6.45) is 3.45. The zero-order valence-corrected chi connectivity index (χ0v) is 16.7. The normalized spacial score (nSPS) is 16.2. The molecule has 0 radical (unpaired) electrons. The number of aromatic nitrogens is 1. The van der Waals surface area contributed by atoms with Crippen LogP contribution in [-0.4, -0.2) is 23.0 Å². The molecule has 0 unspecified atom stereocenters. The van der Waals surface area contributed by atoms with Crippen molar-refractivity contribution in [2.24, 2.45) is 0 Å². The topological polar surface area (TPSA) is 65.2 Å². The number of amides is 2. The molecule has 2 amide bonds. The number of carbonyl (C=O) groups is 1. The van der Waals surface area contributed by atoms with Gasteiger partial charge in [0.1, 0.15) is 5.82 Å². The molecule has 2 N–H and O–H groups in total. The third kappa shape index (κ3) is 3.72. The van der Waals surface area contributed by atoms with Gasteiger partial charge >= 0.3 is 6.03 Å². The van der Waals surface area contributed by atoms with E-state index in [1.54, 1.807) is 18.0 Å². The molecular weight excluding hydrogens is 393 g/mol. The van der Waals surface area contributed by atoms with Crippen molar-refractivity contribution >= 4 is 34.1 Å². The molecule has 1 atom stereocenters. The molecule has 3 aromatic rings. The van der Waals surface area contributed by atoms with Gasteiger partial charge in [0.2, 0.25) is 0 Å². The maximum Gasteiger partial charge on any atom is 0.322 e. The van der Waals surface area contributed by atoms with Gasteiger partial charge < -0.3 is 15.2 Å². The fourth-order valence-corrected chi connectivity index (χ4v) is 4.21. The maximum atomic E-state index is 13.4. The van der Waals surface area contributed by atoms with Crippen molar-refractivity contribution in [3.05, 3.63) is 74.9 Å². The smallest absolute Gasteiger partial charge is 0.322 e. The number of anilines is 1. The number of nitrogens with zero attached hydrogens (tertiary/aromatic N) is 1. The van der Waals surface area contributed by atoms with Crippen LogP contribution in [0.4, 0.5) is 14.9 Å². The fraction of sp³-hybridized carbons (Fsp3) is 0.273. The van der Waals surface area contributed by atoms with Crippen LogP contribution >= 0.6 is 11.6 Å². The third-order valence-electron chi connectivity index (χ3n) is 5.50. The summed E-state index contributed by atoms with van der Waals surface area (Å²) in [6, 6.07) is 11.1. The quantitative estimate of drug-likeness (QED) is 0.563. The monoisotopic (exact) mass is 413 g/mol. The summed E-state index contributed by atoms with van der Waals surface area (Å²) in [7, 11) is 1.74. The first-order valence-corrected chi connectivity index (χ1v) is 9.96. The number of H-pyrrole nitrogens is 1. The third-order valence-corrected chi connectivity index (χ3v) is 5.79. The number of halogens is 2. The van der Waals surface area contributed by atoms with Crippen LogP contribution < -0.4 is 10.9 Å². The van der Waals surface area contributed by atoms with Gasteiger partial charge in [-0.2, -0.15) is 0 Å². The summed E-state index contributed by atoms with van der Waals surface area (Å²) in [5, 5.41) is 4.23. The molecule has 0 saturated heterocycles. The van der Waals surface area contributed by atoms with E-state index >= 15 is 0 Å². The van der Waals surface area contributed by atoms with E-state index in [1.165, 1.54) is 18.2 Å². The summed E-state index contributed by atoms with van der Waals surface area (Å²) >= 11 is 5.82. The summed E-state index contributed by atoms with van der Waals surface area (Å²) in [6.45, 7) is 0. The second-order valence-corrected chi connectivity index (χ2v) is 7.73. The van der Waals surface area contributed by atoms with Gasteiger partial charge in [0.15, 0.2) is 0 Å². The molecular formula is C22H21ClFN3O2. The molecule has 1 aromatic heterocycles.